The number of amides is 1. The molecule has 0 aliphatic rings. The van der Waals surface area contributed by atoms with Crippen molar-refractivity contribution in [2.24, 2.45) is 0 Å². The molecule has 0 aliphatic carbocycles. The maximum Gasteiger partial charge on any atom is 0.259 e. The lowest BCUT2D eigenvalue weighted by Crippen LogP contribution is -2.12. The summed E-state index contributed by atoms with van der Waals surface area (Å²) in [5.41, 5.74) is 3.27. The van der Waals surface area contributed by atoms with Gasteiger partial charge in [0.25, 0.3) is 5.95 Å². The second-order valence-electron chi connectivity index (χ2n) is 7.10. The van der Waals surface area contributed by atoms with E-state index in [0.717, 1.165) is 26.9 Å². The smallest absolute Gasteiger partial charge is 0.259 e. The van der Waals surface area contributed by atoms with Gasteiger partial charge in [-0.05, 0) is 42.5 Å². The Balaban J connectivity index is 1.38. The zero-order valence-electron chi connectivity index (χ0n) is 17.3. The van der Waals surface area contributed by atoms with Crippen LogP contribution in [0.15, 0.2) is 88.5 Å². The summed E-state index contributed by atoms with van der Waals surface area (Å²) in [5.74, 6) is 1.02. The van der Waals surface area contributed by atoms with Gasteiger partial charge >= 0.3 is 0 Å². The van der Waals surface area contributed by atoms with Gasteiger partial charge in [-0.15, -0.1) is 15.3 Å². The molecule has 0 saturated carbocycles. The molecule has 1 N–H and O–H groups in total. The summed E-state index contributed by atoms with van der Waals surface area (Å²) in [5, 5.41) is 20.9. The van der Waals surface area contributed by atoms with Crippen LogP contribution in [0.25, 0.3) is 22.7 Å². The van der Waals surface area contributed by atoms with Gasteiger partial charge in [-0.1, -0.05) is 69.3 Å². The first-order chi connectivity index (χ1) is 16.2. The maximum atomic E-state index is 12.4. The fraction of sp³-hybridized carbons (Fsp3) is 0.0870. The highest BCUT2D eigenvalue weighted by atomic mass is 79.9. The minimum atomic E-state index is -0.0612. The van der Waals surface area contributed by atoms with Crippen molar-refractivity contribution in [1.29, 1.82) is 0 Å². The number of nitrogens with one attached hydrogen (secondary N) is 1. The average Bonchev–Trinajstić information content (AvgIpc) is 3.43. The fourth-order valence-electron chi connectivity index (χ4n) is 3.34. The Hall–Kier alpha value is -3.50. The molecule has 0 spiro atoms. The van der Waals surface area contributed by atoms with E-state index in [9.17, 15) is 4.79 Å². The van der Waals surface area contributed by atoms with Crippen LogP contribution in [0.5, 0.6) is 0 Å². The van der Waals surface area contributed by atoms with E-state index < -0.39 is 0 Å². The van der Waals surface area contributed by atoms with Crippen molar-refractivity contribution in [3.05, 3.63) is 83.3 Å². The average molecular weight is 520 g/mol. The van der Waals surface area contributed by atoms with E-state index >= 15 is 0 Å². The quantitative estimate of drug-likeness (QED) is 0.308. The molecule has 0 fully saturated rings. The monoisotopic (exact) mass is 519 g/mol. The maximum absolute atomic E-state index is 12.4. The predicted molar refractivity (Wildman–Crippen MR) is 132 cm³/mol. The van der Waals surface area contributed by atoms with Crippen molar-refractivity contribution in [2.45, 2.75) is 11.6 Å². The van der Waals surface area contributed by atoms with Gasteiger partial charge in [0.1, 0.15) is 5.52 Å². The Morgan fingerprint density at radius 1 is 0.939 bits per heavy atom. The predicted octanol–water partition coefficient (Wildman–Crippen LogP) is 4.88. The molecular formula is C23H18BrN7OS. The normalized spacial score (nSPS) is 11.1. The Morgan fingerprint density at radius 3 is 2.61 bits per heavy atom. The van der Waals surface area contributed by atoms with Crippen molar-refractivity contribution in [1.82, 2.24) is 29.8 Å². The van der Waals surface area contributed by atoms with Gasteiger partial charge in [0, 0.05) is 22.3 Å². The Bertz CT molecular complexity index is 1420. The molecule has 0 aliphatic heterocycles. The molecule has 1 amide bonds. The van der Waals surface area contributed by atoms with E-state index in [0.29, 0.717) is 23.3 Å². The van der Waals surface area contributed by atoms with Crippen molar-refractivity contribution < 1.29 is 4.79 Å². The highest BCUT2D eigenvalue weighted by Crippen LogP contribution is 2.26. The highest BCUT2D eigenvalue weighted by molar-refractivity contribution is 9.10. The third-order valence-electron chi connectivity index (χ3n) is 4.84. The van der Waals surface area contributed by atoms with E-state index in [1.54, 1.807) is 4.68 Å². The zero-order valence-corrected chi connectivity index (χ0v) is 19.7. The molecule has 2 heterocycles. The van der Waals surface area contributed by atoms with Crippen LogP contribution < -0.4 is 5.32 Å². The third-order valence-corrected chi connectivity index (χ3v) is 6.26. The van der Waals surface area contributed by atoms with Crippen molar-refractivity contribution >= 4 is 50.3 Å². The number of para-hydroxylation sites is 2. The van der Waals surface area contributed by atoms with Crippen LogP contribution in [0.3, 0.4) is 0 Å². The Labute approximate surface area is 202 Å². The fourth-order valence-corrected chi connectivity index (χ4v) is 4.62. The van der Waals surface area contributed by atoms with E-state index in [1.165, 1.54) is 11.8 Å². The molecule has 5 aromatic rings. The largest absolute Gasteiger partial charge is 0.326 e. The number of thioether (sulfide) groups is 1. The molecular weight excluding hydrogens is 502 g/mol. The first-order valence-corrected chi connectivity index (χ1v) is 12.0. The van der Waals surface area contributed by atoms with Gasteiger partial charge in [0.2, 0.25) is 5.91 Å². The van der Waals surface area contributed by atoms with Crippen LogP contribution in [0.4, 0.5) is 5.69 Å². The van der Waals surface area contributed by atoms with Crippen LogP contribution >= 0.6 is 27.7 Å². The van der Waals surface area contributed by atoms with E-state index in [2.05, 4.69) is 41.8 Å². The molecule has 33 heavy (non-hydrogen) atoms. The number of halogens is 1. The molecule has 5 rings (SSSR count). The molecule has 2 aromatic heterocycles. The van der Waals surface area contributed by atoms with Crippen molar-refractivity contribution in [2.75, 3.05) is 11.1 Å². The number of hydrogen-bond acceptors (Lipinski definition) is 6. The van der Waals surface area contributed by atoms with Gasteiger partial charge in [0.15, 0.2) is 5.16 Å². The number of rotatable bonds is 7. The minimum Gasteiger partial charge on any atom is -0.326 e. The third kappa shape index (κ3) is 4.67. The lowest BCUT2D eigenvalue weighted by molar-refractivity contribution is -0.115. The summed E-state index contributed by atoms with van der Waals surface area (Å²) < 4.78 is 4.52. The lowest BCUT2D eigenvalue weighted by Gasteiger charge is -2.10. The summed E-state index contributed by atoms with van der Waals surface area (Å²) in [7, 11) is 0. The molecule has 0 radical (unpaired) electrons. The van der Waals surface area contributed by atoms with Crippen LogP contribution in [0.2, 0.25) is 0 Å². The molecule has 0 unspecified atom stereocenters. The highest BCUT2D eigenvalue weighted by Gasteiger charge is 2.19. The molecule has 0 bridgehead atoms. The van der Waals surface area contributed by atoms with Gasteiger partial charge in [-0.2, -0.15) is 4.68 Å². The molecule has 8 nitrogen and oxygen atoms in total. The van der Waals surface area contributed by atoms with Crippen molar-refractivity contribution in [3.8, 4) is 11.6 Å². The number of aromatic nitrogens is 6. The van der Waals surface area contributed by atoms with E-state index in [-0.39, 0.29) is 5.91 Å². The second kappa shape index (κ2) is 9.55. The van der Waals surface area contributed by atoms with Crippen molar-refractivity contribution in [3.63, 3.8) is 0 Å². The summed E-state index contributed by atoms with van der Waals surface area (Å²) in [6.45, 7) is 0. The van der Waals surface area contributed by atoms with Gasteiger partial charge in [0.05, 0.1) is 11.2 Å². The van der Waals surface area contributed by atoms with Crippen LogP contribution in [-0.2, 0) is 4.79 Å². The first-order valence-electron chi connectivity index (χ1n) is 10.2. The molecule has 0 saturated heterocycles. The number of hydrogen-bond donors (Lipinski definition) is 1. The van der Waals surface area contributed by atoms with E-state index in [1.807, 2.05) is 83.4 Å². The molecule has 10 heteroatoms. The summed E-state index contributed by atoms with van der Waals surface area (Å²) >= 11 is 4.88. The van der Waals surface area contributed by atoms with Crippen LogP contribution in [0, 0.1) is 0 Å². The molecule has 3 aromatic carbocycles. The van der Waals surface area contributed by atoms with Gasteiger partial charge in [-0.3, -0.25) is 9.36 Å². The van der Waals surface area contributed by atoms with Gasteiger partial charge in [-0.25, -0.2) is 0 Å². The van der Waals surface area contributed by atoms with Crippen LogP contribution in [-0.4, -0.2) is 41.4 Å². The summed E-state index contributed by atoms with van der Waals surface area (Å²) in [6, 6.07) is 25.1. The molecule has 0 atom stereocenters. The minimum absolute atomic E-state index is 0.0612. The van der Waals surface area contributed by atoms with E-state index in [4.69, 9.17) is 0 Å². The SMILES string of the molecule is O=C(CCSc1nnc(-n2nnc3ccccc32)n1-c1ccccc1)Nc1cccc(Br)c1. The Morgan fingerprint density at radius 2 is 1.76 bits per heavy atom. The number of carbonyl (C=O) groups excluding carboxylic acids is 1. The standard InChI is InChI=1S/C23H18BrN7OS/c24-16-7-6-8-17(15-16)25-21(32)13-14-33-23-28-27-22(30(23)18-9-2-1-3-10-18)31-20-12-5-4-11-19(20)26-29-31/h1-12,15H,13-14H2,(H,25,32). The number of anilines is 1. The zero-order chi connectivity index (χ0) is 22.6. The molecule has 164 valence electrons. The summed E-state index contributed by atoms with van der Waals surface area (Å²) in [4.78, 5) is 12.4. The topological polar surface area (TPSA) is 90.5 Å². The first kappa shape index (κ1) is 21.4. The summed E-state index contributed by atoms with van der Waals surface area (Å²) in [6.07, 6.45) is 0.334. The Kier molecular flexibility index (Phi) is 6.18. The number of benzene rings is 3. The number of nitrogens with zero attached hydrogens (tertiary/aromatic N) is 6. The van der Waals surface area contributed by atoms with Gasteiger partial charge < -0.3 is 5.32 Å². The lowest BCUT2D eigenvalue weighted by atomic mass is 10.3. The van der Waals surface area contributed by atoms with Crippen LogP contribution in [0.1, 0.15) is 6.42 Å². The number of carbonyl (C=O) groups is 1. The second-order valence-corrected chi connectivity index (χ2v) is 9.08. The number of fused-ring (bicyclic) bond motifs is 1.